The van der Waals surface area contributed by atoms with Crippen LogP contribution in [0.25, 0.3) is 0 Å². The van der Waals surface area contributed by atoms with Crippen LogP contribution in [0.5, 0.6) is 5.75 Å². The Bertz CT molecular complexity index is 1130. The second kappa shape index (κ2) is 9.32. The maximum atomic E-state index is 13.4. The lowest BCUT2D eigenvalue weighted by Gasteiger charge is -2.23. The van der Waals surface area contributed by atoms with Crippen LogP contribution in [0.1, 0.15) is 23.2 Å². The van der Waals surface area contributed by atoms with Gasteiger partial charge in [-0.25, -0.2) is 12.8 Å². The topological polar surface area (TPSA) is 105 Å². The third-order valence-electron chi connectivity index (χ3n) is 5.03. The van der Waals surface area contributed by atoms with Crippen LogP contribution in [0.4, 0.5) is 10.1 Å². The van der Waals surface area contributed by atoms with E-state index in [1.54, 1.807) is 0 Å². The van der Waals surface area contributed by atoms with E-state index in [4.69, 9.17) is 21.1 Å². The number of β-amino-alcohol motifs (C(OH)–C–C–N with tert-alkyl or cyclic N) is 1. The third kappa shape index (κ3) is 5.21. The zero-order chi connectivity index (χ0) is 22.9. The molecule has 0 aromatic heterocycles. The Morgan fingerprint density at radius 1 is 1.25 bits per heavy atom. The van der Waals surface area contributed by atoms with Crippen molar-refractivity contribution in [3.8, 4) is 5.75 Å². The molecule has 11 heteroatoms. The Hall–Kier alpha value is -2.24. The number of aliphatic hydroxyl groups excluding tert-OH is 1. The number of hydrogen-bond acceptors (Lipinski definition) is 6. The van der Waals surface area contributed by atoms with Crippen molar-refractivity contribution < 1.29 is 32.2 Å². The molecule has 0 bridgehead atoms. The number of anilines is 1. The molecule has 2 aromatic carbocycles. The maximum Gasteiger partial charge on any atom is 0.255 e. The molecule has 1 saturated carbocycles. The summed E-state index contributed by atoms with van der Waals surface area (Å²) >= 11 is 5.76. The molecule has 1 amide bonds. The summed E-state index contributed by atoms with van der Waals surface area (Å²) in [5.41, 5.74) is 0.329. The highest BCUT2D eigenvalue weighted by Crippen LogP contribution is 2.34. The number of amides is 1. The number of benzene rings is 2. The number of hydrogen-bond donors (Lipinski definition) is 2. The third-order valence-corrected chi connectivity index (χ3v) is 7.20. The molecule has 4 rings (SSSR count). The minimum Gasteiger partial charge on any atom is -0.489 e. The number of carbonyl (C=O) groups excluding carboxylic acids is 1. The maximum absolute atomic E-state index is 13.4. The lowest BCUT2D eigenvalue weighted by molar-refractivity contribution is 0.0583. The van der Waals surface area contributed by atoms with Crippen LogP contribution < -0.4 is 10.1 Å². The smallest absolute Gasteiger partial charge is 0.255 e. The first-order valence-corrected chi connectivity index (χ1v) is 11.9. The number of rotatable bonds is 6. The minimum atomic E-state index is -4.09. The first-order valence-electron chi connectivity index (χ1n) is 10.1. The summed E-state index contributed by atoms with van der Waals surface area (Å²) in [7, 11) is -4.09. The van der Waals surface area contributed by atoms with E-state index >= 15 is 0 Å². The average Bonchev–Trinajstić information content (AvgIpc) is 3.58. The predicted molar refractivity (Wildman–Crippen MR) is 115 cm³/mol. The molecule has 1 aliphatic heterocycles. The molecule has 2 aromatic rings. The van der Waals surface area contributed by atoms with Crippen molar-refractivity contribution in [3.05, 3.63) is 52.8 Å². The summed E-state index contributed by atoms with van der Waals surface area (Å²) in [5, 5.41) is 12.4. The largest absolute Gasteiger partial charge is 0.489 e. The molecule has 2 aliphatic rings. The lowest BCUT2D eigenvalue weighted by Crippen LogP contribution is -2.38. The first kappa shape index (κ1) is 22.9. The molecule has 8 nitrogen and oxygen atoms in total. The second-order valence-electron chi connectivity index (χ2n) is 7.65. The fourth-order valence-electron chi connectivity index (χ4n) is 3.21. The molecule has 1 heterocycles. The number of carbonyl (C=O) groups is 1. The summed E-state index contributed by atoms with van der Waals surface area (Å²) < 4.78 is 52.3. The predicted octanol–water partition coefficient (Wildman–Crippen LogP) is 2.65. The minimum absolute atomic E-state index is 0.0418. The Balaban J connectivity index is 1.65. The standard InChI is InChI=1S/C21H22ClFN2O6S/c22-17-10-14(2-5-18(17)23)24-21(27)13-1-6-19(31-16-3-4-16)20(9-13)32(28,29)25-7-8-30-12-15(26)11-25/h1-2,5-6,9-10,15-16,26H,3-4,7-8,11-12H2,(H,24,27). The van der Waals surface area contributed by atoms with Gasteiger partial charge < -0.3 is 19.9 Å². The Morgan fingerprint density at radius 3 is 2.75 bits per heavy atom. The van der Waals surface area contributed by atoms with Gasteiger partial charge in [-0.05, 0) is 49.2 Å². The van der Waals surface area contributed by atoms with E-state index < -0.39 is 27.9 Å². The van der Waals surface area contributed by atoms with Crippen LogP contribution in [0.2, 0.25) is 5.02 Å². The normalized spacial score (nSPS) is 19.9. The van der Waals surface area contributed by atoms with E-state index in [0.29, 0.717) is 0 Å². The van der Waals surface area contributed by atoms with E-state index in [1.807, 2.05) is 0 Å². The average molecular weight is 485 g/mol. The van der Waals surface area contributed by atoms with Crippen LogP contribution in [-0.4, -0.2) is 62.2 Å². The molecule has 0 spiro atoms. The molecule has 1 unspecified atom stereocenters. The monoisotopic (exact) mass is 484 g/mol. The van der Waals surface area contributed by atoms with E-state index in [0.717, 1.165) is 23.2 Å². The molecule has 32 heavy (non-hydrogen) atoms. The summed E-state index contributed by atoms with van der Waals surface area (Å²) in [6.45, 7) is 0.114. The van der Waals surface area contributed by atoms with Crippen molar-refractivity contribution in [1.82, 2.24) is 4.31 Å². The van der Waals surface area contributed by atoms with Crippen molar-refractivity contribution in [2.24, 2.45) is 0 Å². The Kier molecular flexibility index (Phi) is 6.68. The van der Waals surface area contributed by atoms with Gasteiger partial charge in [0.05, 0.1) is 30.4 Å². The number of aliphatic hydroxyl groups is 1. The van der Waals surface area contributed by atoms with Gasteiger partial charge in [0.25, 0.3) is 5.91 Å². The molecule has 2 fully saturated rings. The fraction of sp³-hybridized carbons (Fsp3) is 0.381. The van der Waals surface area contributed by atoms with Gasteiger partial charge in [0.15, 0.2) is 0 Å². The van der Waals surface area contributed by atoms with Gasteiger partial charge in [-0.15, -0.1) is 0 Å². The molecule has 2 N–H and O–H groups in total. The van der Waals surface area contributed by atoms with E-state index in [9.17, 15) is 22.7 Å². The number of sulfonamides is 1. The van der Waals surface area contributed by atoms with Gasteiger partial charge in [0.2, 0.25) is 10.0 Å². The van der Waals surface area contributed by atoms with Crippen LogP contribution in [0.3, 0.4) is 0 Å². The van der Waals surface area contributed by atoms with Gasteiger partial charge in [-0.2, -0.15) is 4.31 Å². The molecule has 1 aliphatic carbocycles. The molecule has 0 radical (unpaired) electrons. The van der Waals surface area contributed by atoms with Crippen LogP contribution in [-0.2, 0) is 14.8 Å². The fourth-order valence-corrected chi connectivity index (χ4v) is 5.00. The van der Waals surface area contributed by atoms with E-state index in [-0.39, 0.29) is 59.3 Å². The molecule has 172 valence electrons. The van der Waals surface area contributed by atoms with Crippen LogP contribution in [0, 0.1) is 5.82 Å². The van der Waals surface area contributed by atoms with Gasteiger partial charge in [-0.1, -0.05) is 11.6 Å². The highest BCUT2D eigenvalue weighted by atomic mass is 35.5. The highest BCUT2D eigenvalue weighted by Gasteiger charge is 2.34. The first-order chi connectivity index (χ1) is 15.2. The quantitative estimate of drug-likeness (QED) is 0.653. The molecule has 1 saturated heterocycles. The van der Waals surface area contributed by atoms with Gasteiger partial charge in [0.1, 0.15) is 16.5 Å². The van der Waals surface area contributed by atoms with Crippen molar-refractivity contribution in [2.45, 2.75) is 29.9 Å². The van der Waals surface area contributed by atoms with Crippen LogP contribution in [0.15, 0.2) is 41.3 Å². The number of halogens is 2. The summed E-state index contributed by atoms with van der Waals surface area (Å²) in [5.74, 6) is -1.07. The molecular formula is C21H22ClFN2O6S. The SMILES string of the molecule is O=C(Nc1ccc(F)c(Cl)c1)c1ccc(OC2CC2)c(S(=O)(=O)N2CCOCC(O)C2)c1. The number of nitrogens with zero attached hydrogens (tertiary/aromatic N) is 1. The number of ether oxygens (including phenoxy) is 2. The van der Waals surface area contributed by atoms with E-state index in [2.05, 4.69) is 5.32 Å². The Morgan fingerprint density at radius 2 is 2.03 bits per heavy atom. The summed E-state index contributed by atoms with van der Waals surface area (Å²) in [6.07, 6.45) is 0.616. The Labute approximate surface area is 189 Å². The van der Waals surface area contributed by atoms with Crippen molar-refractivity contribution in [1.29, 1.82) is 0 Å². The second-order valence-corrected chi connectivity index (χ2v) is 9.97. The van der Waals surface area contributed by atoms with Gasteiger partial charge in [-0.3, -0.25) is 4.79 Å². The van der Waals surface area contributed by atoms with Gasteiger partial charge in [0, 0.05) is 24.3 Å². The molecular weight excluding hydrogens is 463 g/mol. The lowest BCUT2D eigenvalue weighted by atomic mass is 10.2. The van der Waals surface area contributed by atoms with Gasteiger partial charge >= 0.3 is 0 Å². The summed E-state index contributed by atoms with van der Waals surface area (Å²) in [6, 6.07) is 7.87. The van der Waals surface area contributed by atoms with Crippen LogP contribution >= 0.6 is 11.6 Å². The zero-order valence-electron chi connectivity index (χ0n) is 17.0. The van der Waals surface area contributed by atoms with Crippen molar-refractivity contribution >= 4 is 33.2 Å². The summed E-state index contributed by atoms with van der Waals surface area (Å²) in [4.78, 5) is 12.6. The van der Waals surface area contributed by atoms with E-state index in [1.165, 1.54) is 30.3 Å². The van der Waals surface area contributed by atoms with Crippen molar-refractivity contribution in [3.63, 3.8) is 0 Å². The number of nitrogens with one attached hydrogen (secondary N) is 1. The zero-order valence-corrected chi connectivity index (χ0v) is 18.5. The molecule has 1 atom stereocenters. The van der Waals surface area contributed by atoms with Crippen molar-refractivity contribution in [2.75, 3.05) is 31.6 Å². The highest BCUT2D eigenvalue weighted by molar-refractivity contribution is 7.89.